The van der Waals surface area contributed by atoms with E-state index in [4.69, 9.17) is 0 Å². The van der Waals surface area contributed by atoms with Gasteiger partial charge in [-0.05, 0) is 57.4 Å². The van der Waals surface area contributed by atoms with Crippen molar-refractivity contribution in [1.82, 2.24) is 0 Å². The van der Waals surface area contributed by atoms with Gasteiger partial charge in [0.25, 0.3) is 0 Å². The lowest BCUT2D eigenvalue weighted by molar-refractivity contribution is 0.422. The molecule has 2 rings (SSSR count). The van der Waals surface area contributed by atoms with Gasteiger partial charge in [-0.15, -0.1) is 0 Å². The third kappa shape index (κ3) is 7.93. The summed E-state index contributed by atoms with van der Waals surface area (Å²) in [5.41, 5.74) is 6.16. The van der Waals surface area contributed by atoms with Gasteiger partial charge in [-0.2, -0.15) is 0 Å². The van der Waals surface area contributed by atoms with E-state index in [1.54, 1.807) is 0 Å². The molecule has 192 valence electrons. The minimum absolute atomic E-state index is 0. The molecule has 0 radical (unpaired) electrons. The third-order valence-electron chi connectivity index (χ3n) is 5.85. The zero-order chi connectivity index (χ0) is 26.2. The Morgan fingerprint density at radius 3 is 1.00 bits per heavy atom. The topological polar surface area (TPSA) is 40.5 Å². The molecule has 0 fully saturated rings. The van der Waals surface area contributed by atoms with Crippen molar-refractivity contribution in [2.45, 2.75) is 119 Å². The van der Waals surface area contributed by atoms with E-state index >= 15 is 0 Å². The van der Waals surface area contributed by atoms with E-state index in [-0.39, 0.29) is 29.1 Å². The number of phenols is 2. The Labute approximate surface area is 211 Å². The molecule has 34 heavy (non-hydrogen) atoms. The van der Waals surface area contributed by atoms with Crippen molar-refractivity contribution in [2.75, 3.05) is 0 Å². The molecule has 2 N–H and O–H groups in total. The Hall–Kier alpha value is -2.22. The molecule has 0 atom stereocenters. The average molecular weight is 469 g/mol. The smallest absolute Gasteiger partial charge is 0.123 e. The number of aromatic hydroxyl groups is 2. The highest BCUT2D eigenvalue weighted by Crippen LogP contribution is 2.40. The molecular formula is C32H52O2. The predicted molar refractivity (Wildman–Crippen MR) is 153 cm³/mol. The van der Waals surface area contributed by atoms with E-state index in [2.05, 4.69) is 109 Å². The first-order valence-electron chi connectivity index (χ1n) is 12.0. The predicted octanol–water partition coefficient (Wildman–Crippen LogP) is 9.56. The minimum atomic E-state index is -0.0664. The first-order valence-corrected chi connectivity index (χ1v) is 12.0. The van der Waals surface area contributed by atoms with Gasteiger partial charge in [-0.3, -0.25) is 0 Å². The van der Waals surface area contributed by atoms with Crippen molar-refractivity contribution in [1.29, 1.82) is 0 Å². The van der Waals surface area contributed by atoms with E-state index in [1.165, 1.54) is 5.56 Å². The highest BCUT2D eigenvalue weighted by molar-refractivity contribution is 5.58. The number of rotatable bonds is 1. The highest BCUT2D eigenvalue weighted by Gasteiger charge is 2.27. The lowest BCUT2D eigenvalue weighted by Crippen LogP contribution is -2.17. The molecule has 0 saturated heterocycles. The van der Waals surface area contributed by atoms with Gasteiger partial charge in [0.05, 0.1) is 0 Å². The fourth-order valence-corrected chi connectivity index (χ4v) is 3.84. The summed E-state index contributed by atoms with van der Waals surface area (Å²) >= 11 is 0. The van der Waals surface area contributed by atoms with Crippen LogP contribution in [0.1, 0.15) is 124 Å². The van der Waals surface area contributed by atoms with Crippen molar-refractivity contribution in [3.63, 3.8) is 0 Å². The second-order valence-corrected chi connectivity index (χ2v) is 13.4. The fraction of sp³-hybridized carbons (Fsp3) is 0.562. The summed E-state index contributed by atoms with van der Waals surface area (Å²) in [6.45, 7) is 31.4. The van der Waals surface area contributed by atoms with Crippen LogP contribution in [0.3, 0.4) is 0 Å². The summed E-state index contributed by atoms with van der Waals surface area (Å²) < 4.78 is 0. The Kier molecular flexibility index (Phi) is 9.89. The number of hydrogen-bond acceptors (Lipinski definition) is 2. The van der Waals surface area contributed by atoms with Crippen LogP contribution >= 0.6 is 0 Å². The van der Waals surface area contributed by atoms with Crippen LogP contribution in [0, 0.1) is 6.92 Å². The van der Waals surface area contributed by atoms with Crippen molar-refractivity contribution >= 4 is 6.08 Å². The molecule has 0 heterocycles. The molecule has 2 nitrogen and oxygen atoms in total. The maximum Gasteiger partial charge on any atom is 0.123 e. The minimum Gasteiger partial charge on any atom is -0.507 e. The van der Waals surface area contributed by atoms with Crippen LogP contribution in [0.5, 0.6) is 11.5 Å². The largest absolute Gasteiger partial charge is 0.507 e. The third-order valence-corrected chi connectivity index (χ3v) is 5.85. The first kappa shape index (κ1) is 31.8. The van der Waals surface area contributed by atoms with Gasteiger partial charge in [0.1, 0.15) is 11.5 Å². The molecular weight excluding hydrogens is 416 g/mol. The Balaban J connectivity index is 0.000000623. The van der Waals surface area contributed by atoms with Gasteiger partial charge in [0.2, 0.25) is 0 Å². The molecule has 0 bridgehead atoms. The second-order valence-electron chi connectivity index (χ2n) is 13.4. The summed E-state index contributed by atoms with van der Waals surface area (Å²) in [7, 11) is 0. The number of hydrogen-bond donors (Lipinski definition) is 2. The van der Waals surface area contributed by atoms with Gasteiger partial charge < -0.3 is 10.2 Å². The summed E-state index contributed by atoms with van der Waals surface area (Å²) in [6.07, 6.45) is 1.84. The quantitative estimate of drug-likeness (QED) is 0.437. The molecule has 2 aromatic carbocycles. The molecule has 0 aromatic heterocycles. The van der Waals surface area contributed by atoms with Crippen molar-refractivity contribution in [3.8, 4) is 11.5 Å². The molecule has 0 spiro atoms. The van der Waals surface area contributed by atoms with E-state index in [0.717, 1.165) is 27.8 Å². The van der Waals surface area contributed by atoms with Crippen LogP contribution in [0.4, 0.5) is 0 Å². The molecule has 2 aromatic rings. The maximum atomic E-state index is 10.4. The zero-order valence-electron chi connectivity index (χ0n) is 23.5. The second kappa shape index (κ2) is 10.6. The molecule has 0 saturated carbocycles. The Morgan fingerprint density at radius 1 is 0.559 bits per heavy atom. The van der Waals surface area contributed by atoms with E-state index < -0.39 is 0 Å². The molecule has 2 heteroatoms. The van der Waals surface area contributed by atoms with E-state index in [9.17, 15) is 10.2 Å². The summed E-state index contributed by atoms with van der Waals surface area (Å²) in [5, 5.41) is 20.8. The fourth-order valence-electron chi connectivity index (χ4n) is 3.84. The van der Waals surface area contributed by atoms with Crippen LogP contribution in [0.15, 0.2) is 30.8 Å². The monoisotopic (exact) mass is 468 g/mol. The van der Waals surface area contributed by atoms with Gasteiger partial charge in [-0.25, -0.2) is 0 Å². The summed E-state index contributed by atoms with van der Waals surface area (Å²) in [4.78, 5) is 0. The molecule has 0 amide bonds. The van der Waals surface area contributed by atoms with Crippen LogP contribution in [-0.2, 0) is 21.7 Å². The van der Waals surface area contributed by atoms with Crippen LogP contribution < -0.4 is 0 Å². The van der Waals surface area contributed by atoms with Crippen LogP contribution in [0.25, 0.3) is 6.08 Å². The first-order chi connectivity index (χ1) is 14.6. The number of benzene rings is 2. The maximum absolute atomic E-state index is 10.4. The van der Waals surface area contributed by atoms with Crippen molar-refractivity contribution in [3.05, 3.63) is 64.2 Å². The lowest BCUT2D eigenvalue weighted by atomic mass is 9.78. The molecule has 0 aliphatic carbocycles. The number of phenolic OH excluding ortho intramolecular Hbond substituents is 2. The van der Waals surface area contributed by atoms with Crippen molar-refractivity contribution in [2.24, 2.45) is 0 Å². The standard InChI is InChI=1S/C16H24O.C15H24O.CH4/c1-8-11-9-12(15(2,3)4)14(17)13(10-11)16(5,6)7;1-10-8-11(14(2,3)4)13(16)12(9-10)15(5,6)7;/h8-10,17H,1H2,2-7H3;8-9,16H,1-7H3;1H4. The van der Waals surface area contributed by atoms with Gasteiger partial charge in [0, 0.05) is 11.1 Å². The van der Waals surface area contributed by atoms with Crippen molar-refractivity contribution < 1.29 is 10.2 Å². The zero-order valence-corrected chi connectivity index (χ0v) is 23.5. The Morgan fingerprint density at radius 2 is 0.794 bits per heavy atom. The molecule has 0 unspecified atom stereocenters. The van der Waals surface area contributed by atoms with E-state index in [1.807, 2.05) is 18.2 Å². The van der Waals surface area contributed by atoms with Crippen LogP contribution in [0.2, 0.25) is 0 Å². The van der Waals surface area contributed by atoms with Gasteiger partial charge in [-0.1, -0.05) is 121 Å². The van der Waals surface area contributed by atoms with Gasteiger partial charge >= 0.3 is 0 Å². The lowest BCUT2D eigenvalue weighted by Gasteiger charge is -2.27. The molecule has 0 aliphatic heterocycles. The van der Waals surface area contributed by atoms with Gasteiger partial charge in [0.15, 0.2) is 0 Å². The normalized spacial score (nSPS) is 12.4. The van der Waals surface area contributed by atoms with E-state index in [0.29, 0.717) is 11.5 Å². The number of aryl methyl sites for hydroxylation is 1. The SMILES string of the molecule is C.C=Cc1cc(C(C)(C)C)c(O)c(C(C)(C)C)c1.Cc1cc(C(C)(C)C)c(O)c(C(C)(C)C)c1. The van der Waals surface area contributed by atoms with Crippen LogP contribution in [-0.4, -0.2) is 10.2 Å². The average Bonchev–Trinajstić information content (AvgIpc) is 2.60. The Bertz CT molecular complexity index is 912. The summed E-state index contributed by atoms with van der Waals surface area (Å²) in [6, 6.07) is 8.23. The molecule has 0 aliphatic rings. The highest BCUT2D eigenvalue weighted by atomic mass is 16.3. The summed E-state index contributed by atoms with van der Waals surface area (Å²) in [5.74, 6) is 0.890.